The molecular weight excluding hydrogens is 540 g/mol. The van der Waals surface area contributed by atoms with Gasteiger partial charge in [-0.05, 0) is 112 Å². The van der Waals surface area contributed by atoms with Gasteiger partial charge in [0.25, 0.3) is 0 Å². The molecule has 0 radical (unpaired) electrons. The maximum Gasteiger partial charge on any atom is 0.0352 e. The lowest BCUT2D eigenvalue weighted by Gasteiger charge is -2.18. The summed E-state index contributed by atoms with van der Waals surface area (Å²) in [6.45, 7) is 0. The Kier molecular flexibility index (Phi) is 5.15. The van der Waals surface area contributed by atoms with Crippen LogP contribution in [0.15, 0.2) is 164 Å². The molecule has 0 atom stereocenters. The predicted molar refractivity (Wildman–Crippen MR) is 190 cm³/mol. The minimum absolute atomic E-state index is 0.191. The second kappa shape index (κ2) is 9.39. The van der Waals surface area contributed by atoms with Crippen LogP contribution in [-0.2, 0) is 0 Å². The lowest BCUT2D eigenvalue weighted by Crippen LogP contribution is -2.00. The van der Waals surface area contributed by atoms with E-state index in [2.05, 4.69) is 164 Å². The van der Waals surface area contributed by atoms with Crippen molar-refractivity contribution in [1.82, 2.24) is 0 Å². The van der Waals surface area contributed by atoms with E-state index in [4.69, 9.17) is 0 Å². The minimum atomic E-state index is 0.191. The summed E-state index contributed by atoms with van der Waals surface area (Å²) < 4.78 is 0. The SMILES string of the molecule is c1ccc(-c2cc(-c3ccc4c(c3)-c3c5ccccc5cc5cccc-4c35)cc(C3c4ccccc4-c4ccccc43)c2)cc1. The maximum absolute atomic E-state index is 2.45. The largest absolute Gasteiger partial charge is 0.0622 e. The Morgan fingerprint density at radius 1 is 0.333 bits per heavy atom. The first-order valence-corrected chi connectivity index (χ1v) is 15.8. The van der Waals surface area contributed by atoms with Crippen LogP contribution < -0.4 is 0 Å². The van der Waals surface area contributed by atoms with Crippen molar-refractivity contribution in [3.05, 3.63) is 180 Å². The number of benzene rings is 8. The first-order chi connectivity index (χ1) is 22.3. The summed E-state index contributed by atoms with van der Waals surface area (Å²) in [6.07, 6.45) is 0. The highest BCUT2D eigenvalue weighted by molar-refractivity contribution is 6.24. The van der Waals surface area contributed by atoms with Crippen LogP contribution in [0.3, 0.4) is 0 Å². The summed E-state index contributed by atoms with van der Waals surface area (Å²) in [6, 6.07) is 61.0. The van der Waals surface area contributed by atoms with E-state index in [1.54, 1.807) is 0 Å². The fourth-order valence-electron chi connectivity index (χ4n) is 8.09. The van der Waals surface area contributed by atoms with Crippen LogP contribution in [0.25, 0.3) is 77.2 Å². The lowest BCUT2D eigenvalue weighted by atomic mass is 9.85. The third-order valence-electron chi connectivity index (χ3n) is 10.0. The zero-order valence-electron chi connectivity index (χ0n) is 24.7. The molecule has 10 rings (SSSR count). The fraction of sp³-hybridized carbons (Fsp3) is 0.0222. The fourth-order valence-corrected chi connectivity index (χ4v) is 8.09. The molecule has 0 amide bonds. The van der Waals surface area contributed by atoms with Crippen LogP contribution in [-0.4, -0.2) is 0 Å². The molecule has 8 aromatic carbocycles. The summed E-state index contributed by atoms with van der Waals surface area (Å²) in [5.74, 6) is 0.191. The van der Waals surface area contributed by atoms with Gasteiger partial charge in [0.2, 0.25) is 0 Å². The standard InChI is InChI=1S/C45H28/c1-2-11-28(12-3-1)32-24-33(26-34(25-32)43-39-18-8-6-16-36(39)37-17-7-9-19-40(37)43)29-21-22-38-41-20-10-14-31-23-30-13-4-5-15-35(30)45(44(31)41)42(38)27-29/h1-27,43H. The van der Waals surface area contributed by atoms with Gasteiger partial charge >= 0.3 is 0 Å². The van der Waals surface area contributed by atoms with Crippen molar-refractivity contribution in [2.24, 2.45) is 0 Å². The second-order valence-corrected chi connectivity index (χ2v) is 12.5. The van der Waals surface area contributed by atoms with Gasteiger partial charge in [0, 0.05) is 5.92 Å². The van der Waals surface area contributed by atoms with Crippen molar-refractivity contribution < 1.29 is 0 Å². The number of rotatable bonds is 3. The number of hydrogen-bond acceptors (Lipinski definition) is 0. The molecule has 8 aromatic rings. The van der Waals surface area contributed by atoms with E-state index in [0.29, 0.717) is 0 Å². The molecule has 0 unspecified atom stereocenters. The molecule has 0 N–H and O–H groups in total. The van der Waals surface area contributed by atoms with Crippen LogP contribution in [0.4, 0.5) is 0 Å². The number of fused-ring (bicyclic) bond motifs is 8. The molecule has 0 heterocycles. The smallest absolute Gasteiger partial charge is 0.0352 e. The monoisotopic (exact) mass is 568 g/mol. The molecule has 0 heteroatoms. The summed E-state index contributed by atoms with van der Waals surface area (Å²) >= 11 is 0. The Hall–Kier alpha value is -5.72. The van der Waals surface area contributed by atoms with Crippen LogP contribution in [0.1, 0.15) is 22.6 Å². The molecule has 45 heavy (non-hydrogen) atoms. The van der Waals surface area contributed by atoms with Crippen molar-refractivity contribution in [3.63, 3.8) is 0 Å². The van der Waals surface area contributed by atoms with Crippen molar-refractivity contribution in [3.8, 4) is 55.6 Å². The second-order valence-electron chi connectivity index (χ2n) is 12.5. The van der Waals surface area contributed by atoms with Gasteiger partial charge in [0.05, 0.1) is 0 Å². The lowest BCUT2D eigenvalue weighted by molar-refractivity contribution is 1.02. The van der Waals surface area contributed by atoms with Crippen LogP contribution in [0.5, 0.6) is 0 Å². The van der Waals surface area contributed by atoms with E-state index < -0.39 is 0 Å². The van der Waals surface area contributed by atoms with Gasteiger partial charge in [-0.1, -0.05) is 146 Å². The predicted octanol–water partition coefficient (Wildman–Crippen LogP) is 12.1. The quantitative estimate of drug-likeness (QED) is 0.186. The Balaban J connectivity index is 1.22. The first kappa shape index (κ1) is 24.7. The van der Waals surface area contributed by atoms with E-state index >= 15 is 0 Å². The van der Waals surface area contributed by atoms with E-state index in [0.717, 1.165) is 0 Å². The molecule has 2 aliphatic rings. The van der Waals surface area contributed by atoms with Gasteiger partial charge in [-0.15, -0.1) is 0 Å². The molecule has 0 nitrogen and oxygen atoms in total. The Labute approximate surface area is 262 Å². The molecule has 0 aromatic heterocycles. The third kappa shape index (κ3) is 3.60. The summed E-state index contributed by atoms with van der Waals surface area (Å²) in [4.78, 5) is 0. The molecule has 0 bridgehead atoms. The average molecular weight is 569 g/mol. The normalized spacial score (nSPS) is 12.8. The summed E-state index contributed by atoms with van der Waals surface area (Å²) in [7, 11) is 0. The molecule has 208 valence electrons. The van der Waals surface area contributed by atoms with Crippen molar-refractivity contribution in [2.75, 3.05) is 0 Å². The molecule has 0 spiro atoms. The molecule has 0 aliphatic heterocycles. The van der Waals surface area contributed by atoms with E-state index in [1.807, 2.05) is 0 Å². The highest BCUT2D eigenvalue weighted by Crippen LogP contribution is 2.52. The van der Waals surface area contributed by atoms with Crippen LogP contribution in [0.2, 0.25) is 0 Å². The average Bonchev–Trinajstić information content (AvgIpc) is 3.63. The van der Waals surface area contributed by atoms with Gasteiger partial charge in [-0.2, -0.15) is 0 Å². The van der Waals surface area contributed by atoms with Gasteiger partial charge in [0.1, 0.15) is 0 Å². The topological polar surface area (TPSA) is 0 Å². The van der Waals surface area contributed by atoms with Gasteiger partial charge in [-0.25, -0.2) is 0 Å². The van der Waals surface area contributed by atoms with Crippen molar-refractivity contribution in [2.45, 2.75) is 5.92 Å². The Morgan fingerprint density at radius 3 is 1.78 bits per heavy atom. The highest BCUT2D eigenvalue weighted by atomic mass is 14.3. The molecule has 0 fully saturated rings. The highest BCUT2D eigenvalue weighted by Gasteiger charge is 2.30. The van der Waals surface area contributed by atoms with Gasteiger partial charge < -0.3 is 0 Å². The van der Waals surface area contributed by atoms with Crippen molar-refractivity contribution >= 4 is 21.5 Å². The third-order valence-corrected chi connectivity index (χ3v) is 10.0. The Bertz CT molecular complexity index is 2440. The first-order valence-electron chi connectivity index (χ1n) is 15.8. The summed E-state index contributed by atoms with van der Waals surface area (Å²) in [5, 5.41) is 5.31. The van der Waals surface area contributed by atoms with E-state index in [9.17, 15) is 0 Å². The van der Waals surface area contributed by atoms with Gasteiger partial charge in [0.15, 0.2) is 0 Å². The van der Waals surface area contributed by atoms with E-state index in [-0.39, 0.29) is 5.92 Å². The zero-order chi connectivity index (χ0) is 29.5. The van der Waals surface area contributed by atoms with E-state index in [1.165, 1.54) is 93.9 Å². The minimum Gasteiger partial charge on any atom is -0.0622 e. The van der Waals surface area contributed by atoms with Crippen LogP contribution >= 0.6 is 0 Å². The number of hydrogen-bond donors (Lipinski definition) is 0. The van der Waals surface area contributed by atoms with Crippen LogP contribution in [0, 0.1) is 0 Å². The molecule has 0 saturated carbocycles. The zero-order valence-corrected chi connectivity index (χ0v) is 24.7. The summed E-state index contributed by atoms with van der Waals surface area (Å²) in [5.41, 5.74) is 17.2. The Morgan fingerprint density at radius 2 is 0.978 bits per heavy atom. The van der Waals surface area contributed by atoms with Gasteiger partial charge in [-0.3, -0.25) is 0 Å². The molecular formula is C45H28. The van der Waals surface area contributed by atoms with Crippen molar-refractivity contribution in [1.29, 1.82) is 0 Å². The molecule has 2 aliphatic carbocycles. The molecule has 0 saturated heterocycles. The maximum atomic E-state index is 2.45.